The number of nitrogens with zero attached hydrogens (tertiary/aromatic N) is 2. The number of esters is 1. The minimum Gasteiger partial charge on any atom is -0.463 e. The first-order valence-electron chi connectivity index (χ1n) is 9.23. The second-order valence-electron chi connectivity index (χ2n) is 6.47. The molecule has 1 atom stereocenters. The maximum Gasteiger partial charge on any atom is 0.338 e. The van der Waals surface area contributed by atoms with Crippen molar-refractivity contribution in [2.75, 3.05) is 11.9 Å². The summed E-state index contributed by atoms with van der Waals surface area (Å²) in [6.45, 7) is 3.80. The first-order valence-corrected chi connectivity index (χ1v) is 11.7. The largest absolute Gasteiger partial charge is 0.463 e. The highest BCUT2D eigenvalue weighted by molar-refractivity contribution is 9.10. The maximum atomic E-state index is 13.3. The first kappa shape index (κ1) is 20.8. The van der Waals surface area contributed by atoms with Crippen molar-refractivity contribution in [1.82, 2.24) is 4.57 Å². The monoisotopic (exact) mass is 503 g/mol. The highest BCUT2D eigenvalue weighted by Crippen LogP contribution is 2.33. The number of allylic oxidation sites excluding steroid dienone is 1. The zero-order chi connectivity index (χ0) is 21.3. The predicted molar refractivity (Wildman–Crippen MR) is 123 cm³/mol. The summed E-state index contributed by atoms with van der Waals surface area (Å²) in [5, 5.41) is 5.09. The minimum absolute atomic E-state index is 0.198. The molecule has 0 unspecified atom stereocenters. The van der Waals surface area contributed by atoms with Crippen LogP contribution in [-0.4, -0.2) is 17.1 Å². The average Bonchev–Trinajstić information content (AvgIpc) is 3.35. The Balaban J connectivity index is 1.83. The second-order valence-corrected chi connectivity index (χ2v) is 9.37. The molecule has 0 aliphatic carbocycles. The van der Waals surface area contributed by atoms with Crippen LogP contribution < -0.4 is 20.2 Å². The van der Waals surface area contributed by atoms with Crippen molar-refractivity contribution in [3.8, 4) is 0 Å². The molecule has 3 aromatic rings. The highest BCUT2D eigenvalue weighted by atomic mass is 79.9. The minimum atomic E-state index is -0.546. The molecule has 0 fully saturated rings. The van der Waals surface area contributed by atoms with Crippen LogP contribution in [0.1, 0.15) is 24.8 Å². The van der Waals surface area contributed by atoms with Crippen molar-refractivity contribution in [3.05, 3.63) is 82.1 Å². The molecule has 1 N–H and O–H groups in total. The standard InChI is InChI=1S/C21H18BrN3O3S2/c1-3-28-20(27)17-12(2)24-21-25(18(17)15-5-4-10-29-15)19(26)16(30-21)11-23-14-8-6-13(22)7-9-14/h4-11,18,23H,3H2,1-2H3/t18-/m1/s1. The molecule has 1 aliphatic heterocycles. The van der Waals surface area contributed by atoms with Gasteiger partial charge in [-0.3, -0.25) is 9.36 Å². The van der Waals surface area contributed by atoms with E-state index in [0.29, 0.717) is 20.6 Å². The number of ether oxygens (including phenoxy) is 1. The normalized spacial score (nSPS) is 16.2. The van der Waals surface area contributed by atoms with Gasteiger partial charge in [0.2, 0.25) is 0 Å². The van der Waals surface area contributed by atoms with Crippen LogP contribution in [0, 0.1) is 0 Å². The summed E-state index contributed by atoms with van der Waals surface area (Å²) in [6, 6.07) is 10.9. The number of halogens is 1. The Morgan fingerprint density at radius 1 is 1.33 bits per heavy atom. The van der Waals surface area contributed by atoms with Gasteiger partial charge in [0, 0.05) is 21.2 Å². The second kappa shape index (κ2) is 8.71. The van der Waals surface area contributed by atoms with E-state index >= 15 is 0 Å². The van der Waals surface area contributed by atoms with Crippen LogP contribution in [0.15, 0.2) is 67.3 Å². The summed E-state index contributed by atoms with van der Waals surface area (Å²) >= 11 is 6.19. The maximum absolute atomic E-state index is 13.3. The first-order chi connectivity index (χ1) is 14.5. The molecule has 2 aromatic heterocycles. The van der Waals surface area contributed by atoms with E-state index in [1.165, 1.54) is 22.7 Å². The number of hydrogen-bond donors (Lipinski definition) is 1. The van der Waals surface area contributed by atoms with Gasteiger partial charge in [0.15, 0.2) is 4.80 Å². The zero-order valence-electron chi connectivity index (χ0n) is 16.2. The number of anilines is 1. The smallest absolute Gasteiger partial charge is 0.338 e. The molecular formula is C21H18BrN3O3S2. The molecule has 4 rings (SSSR count). The molecule has 0 spiro atoms. The van der Waals surface area contributed by atoms with Gasteiger partial charge in [-0.2, -0.15) is 0 Å². The lowest BCUT2D eigenvalue weighted by Gasteiger charge is -2.23. The molecule has 6 nitrogen and oxygen atoms in total. The van der Waals surface area contributed by atoms with Crippen molar-refractivity contribution >= 4 is 56.5 Å². The van der Waals surface area contributed by atoms with Crippen LogP contribution in [0.3, 0.4) is 0 Å². The summed E-state index contributed by atoms with van der Waals surface area (Å²) < 4.78 is 8.34. The number of carbonyl (C=O) groups is 1. The van der Waals surface area contributed by atoms with Crippen molar-refractivity contribution in [1.29, 1.82) is 0 Å². The molecule has 0 amide bonds. The molecular weight excluding hydrogens is 486 g/mol. The van der Waals surface area contributed by atoms with Gasteiger partial charge in [-0.05, 0) is 49.6 Å². The van der Waals surface area contributed by atoms with Gasteiger partial charge >= 0.3 is 5.97 Å². The van der Waals surface area contributed by atoms with Crippen LogP contribution in [0.25, 0.3) is 6.20 Å². The highest BCUT2D eigenvalue weighted by Gasteiger charge is 2.33. The SMILES string of the molecule is CCOC(=O)C1=C(C)N=c2sc(=CNc3ccc(Br)cc3)c(=O)n2[C@@H]1c1cccs1. The summed E-state index contributed by atoms with van der Waals surface area (Å²) in [6.07, 6.45) is 1.68. The average molecular weight is 504 g/mol. The summed E-state index contributed by atoms with van der Waals surface area (Å²) in [4.78, 5) is 32.0. The van der Waals surface area contributed by atoms with Gasteiger partial charge in [0.25, 0.3) is 5.56 Å². The Kier molecular flexibility index (Phi) is 6.03. The third-order valence-corrected chi connectivity index (χ3v) is 6.98. The van der Waals surface area contributed by atoms with E-state index in [4.69, 9.17) is 4.74 Å². The fourth-order valence-corrected chi connectivity index (χ4v) is 5.26. The lowest BCUT2D eigenvalue weighted by Crippen LogP contribution is -2.39. The number of rotatable bonds is 5. The van der Waals surface area contributed by atoms with E-state index in [1.54, 1.807) is 24.6 Å². The third kappa shape index (κ3) is 3.92. The molecule has 1 aliphatic rings. The van der Waals surface area contributed by atoms with Gasteiger partial charge in [0.05, 0.1) is 17.9 Å². The summed E-state index contributed by atoms with van der Waals surface area (Å²) in [5.41, 5.74) is 1.64. The molecule has 154 valence electrons. The Morgan fingerprint density at radius 3 is 2.77 bits per heavy atom. The Hall–Kier alpha value is -2.49. The number of hydrogen-bond acceptors (Lipinski definition) is 7. The quantitative estimate of drug-likeness (QED) is 0.539. The van der Waals surface area contributed by atoms with Gasteiger partial charge in [-0.25, -0.2) is 9.79 Å². The number of fused-ring (bicyclic) bond motifs is 1. The molecule has 30 heavy (non-hydrogen) atoms. The molecule has 0 saturated carbocycles. The Morgan fingerprint density at radius 2 is 2.10 bits per heavy atom. The number of benzene rings is 1. The van der Waals surface area contributed by atoms with Crippen LogP contribution in [0.2, 0.25) is 0 Å². The Labute approximate surface area is 189 Å². The molecule has 1 aromatic carbocycles. The third-order valence-electron chi connectivity index (χ3n) is 4.54. The van der Waals surface area contributed by atoms with E-state index in [2.05, 4.69) is 26.2 Å². The van der Waals surface area contributed by atoms with Crippen LogP contribution in [0.4, 0.5) is 5.69 Å². The van der Waals surface area contributed by atoms with Crippen molar-refractivity contribution in [3.63, 3.8) is 0 Å². The van der Waals surface area contributed by atoms with Crippen LogP contribution in [0.5, 0.6) is 0 Å². The topological polar surface area (TPSA) is 72.7 Å². The summed E-state index contributed by atoms with van der Waals surface area (Å²) in [5.74, 6) is -0.445. The van der Waals surface area contributed by atoms with E-state index < -0.39 is 12.0 Å². The van der Waals surface area contributed by atoms with Crippen molar-refractivity contribution in [2.45, 2.75) is 19.9 Å². The number of thiazole rings is 1. The summed E-state index contributed by atoms with van der Waals surface area (Å²) in [7, 11) is 0. The van der Waals surface area contributed by atoms with Crippen LogP contribution in [-0.2, 0) is 9.53 Å². The van der Waals surface area contributed by atoms with Gasteiger partial charge in [-0.15, -0.1) is 11.3 Å². The van der Waals surface area contributed by atoms with Gasteiger partial charge in [0.1, 0.15) is 10.6 Å². The zero-order valence-corrected chi connectivity index (χ0v) is 19.4. The molecule has 9 heteroatoms. The molecule has 0 bridgehead atoms. The lowest BCUT2D eigenvalue weighted by atomic mass is 10.0. The fraction of sp³-hybridized carbons (Fsp3) is 0.190. The van der Waals surface area contributed by atoms with Gasteiger partial charge in [-0.1, -0.05) is 33.3 Å². The van der Waals surface area contributed by atoms with E-state index in [-0.39, 0.29) is 12.2 Å². The van der Waals surface area contributed by atoms with E-state index in [1.807, 2.05) is 41.8 Å². The number of nitrogens with one attached hydrogen (secondary N) is 1. The van der Waals surface area contributed by atoms with E-state index in [0.717, 1.165) is 15.0 Å². The molecule has 0 radical (unpaired) electrons. The van der Waals surface area contributed by atoms with Crippen molar-refractivity contribution < 1.29 is 9.53 Å². The number of carbonyl (C=O) groups excluding carboxylic acids is 1. The molecule has 0 saturated heterocycles. The predicted octanol–water partition coefficient (Wildman–Crippen LogP) is 3.64. The van der Waals surface area contributed by atoms with Gasteiger partial charge < -0.3 is 10.1 Å². The fourth-order valence-electron chi connectivity index (χ4n) is 3.20. The lowest BCUT2D eigenvalue weighted by molar-refractivity contribution is -0.139. The van der Waals surface area contributed by atoms with Crippen LogP contribution >= 0.6 is 38.6 Å². The van der Waals surface area contributed by atoms with E-state index in [9.17, 15) is 9.59 Å². The molecule has 3 heterocycles. The number of aromatic nitrogens is 1. The van der Waals surface area contributed by atoms with Crippen molar-refractivity contribution in [2.24, 2.45) is 4.99 Å². The Bertz CT molecular complexity index is 1290. The number of thiophene rings is 1.